The summed E-state index contributed by atoms with van der Waals surface area (Å²) >= 11 is 0. The highest BCUT2D eigenvalue weighted by molar-refractivity contribution is 14.0. The Morgan fingerprint density at radius 1 is 1.06 bits per heavy atom. The highest BCUT2D eigenvalue weighted by Crippen LogP contribution is 2.10. The van der Waals surface area contributed by atoms with E-state index in [2.05, 4.69) is 69.4 Å². The van der Waals surface area contributed by atoms with Gasteiger partial charge in [-0.05, 0) is 38.3 Å². The highest BCUT2D eigenvalue weighted by atomic mass is 127. The van der Waals surface area contributed by atoms with Crippen LogP contribution in [-0.2, 0) is 0 Å². The van der Waals surface area contributed by atoms with Crippen LogP contribution in [0, 0.1) is 0 Å². The molecule has 0 saturated carbocycles. The average Bonchev–Trinajstić information content (AvgIpc) is 2.78. The van der Waals surface area contributed by atoms with E-state index in [0.717, 1.165) is 90.7 Å². The normalized spacial score (nSPS) is 19.5. The Hall–Kier alpha value is -1.16. The SMILES string of the molecule is CCNC(=NCCCN1CCC(O)CC1)N1CCN(C/C=C/c2ccccc2)CC1.I. The number of hydrogen-bond acceptors (Lipinski definition) is 4. The van der Waals surface area contributed by atoms with Crippen LogP contribution in [0.1, 0.15) is 31.7 Å². The summed E-state index contributed by atoms with van der Waals surface area (Å²) in [5, 5.41) is 13.1. The topological polar surface area (TPSA) is 54.3 Å². The molecule has 2 fully saturated rings. The van der Waals surface area contributed by atoms with Crippen LogP contribution >= 0.6 is 24.0 Å². The van der Waals surface area contributed by atoms with Gasteiger partial charge in [0.25, 0.3) is 0 Å². The molecule has 2 saturated heterocycles. The number of aliphatic imine (C=N–C) groups is 1. The van der Waals surface area contributed by atoms with E-state index >= 15 is 0 Å². The van der Waals surface area contributed by atoms with Crippen molar-refractivity contribution in [1.82, 2.24) is 20.0 Å². The third-order valence-corrected chi connectivity index (χ3v) is 5.93. The standard InChI is InChI=1S/C24H39N5O.HI/c1-2-25-24(26-13-7-15-27-16-11-23(30)12-17-27)29-20-18-28(19-21-29)14-6-10-22-8-4-3-5-9-22;/h3-6,8-10,23,30H,2,7,11-21H2,1H3,(H,25,26);1H/b10-6+;. The molecule has 0 bridgehead atoms. The quantitative estimate of drug-likeness (QED) is 0.230. The molecule has 31 heavy (non-hydrogen) atoms. The molecule has 0 amide bonds. The molecule has 2 aliphatic heterocycles. The Labute approximate surface area is 205 Å². The maximum atomic E-state index is 9.62. The third kappa shape index (κ3) is 9.47. The largest absolute Gasteiger partial charge is 0.393 e. The first-order valence-corrected chi connectivity index (χ1v) is 11.6. The van der Waals surface area contributed by atoms with Crippen molar-refractivity contribution in [2.75, 3.05) is 65.4 Å². The second-order valence-electron chi connectivity index (χ2n) is 8.26. The van der Waals surface area contributed by atoms with Crippen LogP contribution in [0.15, 0.2) is 41.4 Å². The molecule has 2 N–H and O–H groups in total. The smallest absolute Gasteiger partial charge is 0.194 e. The van der Waals surface area contributed by atoms with Crippen molar-refractivity contribution in [2.24, 2.45) is 4.99 Å². The van der Waals surface area contributed by atoms with Gasteiger partial charge in [0.15, 0.2) is 5.96 Å². The minimum absolute atomic E-state index is 0. The first-order valence-electron chi connectivity index (χ1n) is 11.6. The van der Waals surface area contributed by atoms with Gasteiger partial charge in [-0.2, -0.15) is 0 Å². The average molecular weight is 542 g/mol. The van der Waals surface area contributed by atoms with E-state index in [9.17, 15) is 5.11 Å². The first kappa shape index (κ1) is 26.1. The van der Waals surface area contributed by atoms with Crippen LogP contribution < -0.4 is 5.32 Å². The number of aliphatic hydroxyl groups excluding tert-OH is 1. The summed E-state index contributed by atoms with van der Waals surface area (Å²) in [5.74, 6) is 1.06. The minimum atomic E-state index is -0.0906. The van der Waals surface area contributed by atoms with Crippen LogP contribution in [0.4, 0.5) is 0 Å². The molecule has 0 aliphatic carbocycles. The van der Waals surface area contributed by atoms with Crippen molar-refractivity contribution in [3.8, 4) is 0 Å². The van der Waals surface area contributed by atoms with Crippen LogP contribution in [0.3, 0.4) is 0 Å². The maximum absolute atomic E-state index is 9.62. The van der Waals surface area contributed by atoms with Gasteiger partial charge in [-0.3, -0.25) is 9.89 Å². The molecular formula is C24H40IN5O. The fourth-order valence-electron chi connectivity index (χ4n) is 4.09. The summed E-state index contributed by atoms with van der Waals surface area (Å²) in [6.07, 6.45) is 7.29. The number of benzene rings is 1. The van der Waals surface area contributed by atoms with E-state index in [4.69, 9.17) is 4.99 Å². The summed E-state index contributed by atoms with van der Waals surface area (Å²) in [6, 6.07) is 10.5. The molecule has 1 aromatic rings. The van der Waals surface area contributed by atoms with Gasteiger partial charge in [-0.15, -0.1) is 24.0 Å². The van der Waals surface area contributed by atoms with Gasteiger partial charge >= 0.3 is 0 Å². The van der Waals surface area contributed by atoms with Crippen molar-refractivity contribution in [1.29, 1.82) is 0 Å². The second kappa shape index (κ2) is 14.8. The van der Waals surface area contributed by atoms with Crippen molar-refractivity contribution < 1.29 is 5.11 Å². The first-order chi connectivity index (χ1) is 14.7. The van der Waals surface area contributed by atoms with Crippen molar-refractivity contribution in [3.63, 3.8) is 0 Å². The predicted molar refractivity (Wildman–Crippen MR) is 141 cm³/mol. The number of guanidine groups is 1. The van der Waals surface area contributed by atoms with E-state index in [-0.39, 0.29) is 30.1 Å². The molecule has 2 heterocycles. The molecule has 0 spiro atoms. The van der Waals surface area contributed by atoms with E-state index in [0.29, 0.717) is 0 Å². The summed E-state index contributed by atoms with van der Waals surface area (Å²) in [4.78, 5) is 12.2. The fraction of sp³-hybridized carbons (Fsp3) is 0.625. The monoisotopic (exact) mass is 541 g/mol. The summed E-state index contributed by atoms with van der Waals surface area (Å²) in [7, 11) is 0. The molecule has 3 rings (SSSR count). The molecule has 0 radical (unpaired) electrons. The number of likely N-dealkylation sites (tertiary alicyclic amines) is 1. The Morgan fingerprint density at radius 3 is 2.45 bits per heavy atom. The molecule has 0 aromatic heterocycles. The van der Waals surface area contributed by atoms with Crippen LogP contribution in [-0.4, -0.2) is 97.3 Å². The number of piperidine rings is 1. The molecule has 0 atom stereocenters. The second-order valence-corrected chi connectivity index (χ2v) is 8.26. The number of halogens is 1. The van der Waals surface area contributed by atoms with Gasteiger partial charge in [-0.1, -0.05) is 42.5 Å². The number of hydrogen-bond donors (Lipinski definition) is 2. The third-order valence-electron chi connectivity index (χ3n) is 5.93. The lowest BCUT2D eigenvalue weighted by Crippen LogP contribution is -2.52. The lowest BCUT2D eigenvalue weighted by atomic mass is 10.1. The van der Waals surface area contributed by atoms with Crippen LogP contribution in [0.25, 0.3) is 6.08 Å². The Balaban J connectivity index is 0.00000341. The molecule has 1 aromatic carbocycles. The number of nitrogens with one attached hydrogen (secondary N) is 1. The van der Waals surface area contributed by atoms with E-state index in [1.807, 2.05) is 0 Å². The van der Waals surface area contributed by atoms with Crippen LogP contribution in [0.5, 0.6) is 0 Å². The molecule has 6 nitrogen and oxygen atoms in total. The predicted octanol–water partition coefficient (Wildman–Crippen LogP) is 2.75. The molecular weight excluding hydrogens is 501 g/mol. The Morgan fingerprint density at radius 2 is 1.77 bits per heavy atom. The number of piperazine rings is 1. The molecule has 0 unspecified atom stereocenters. The van der Waals surface area contributed by atoms with Gasteiger partial charge in [0, 0.05) is 58.9 Å². The zero-order valence-electron chi connectivity index (χ0n) is 19.0. The number of rotatable bonds is 8. The summed E-state index contributed by atoms with van der Waals surface area (Å²) in [6.45, 7) is 12.2. The lowest BCUT2D eigenvalue weighted by Gasteiger charge is -2.36. The molecule has 2 aliphatic rings. The Bertz CT molecular complexity index is 653. The van der Waals surface area contributed by atoms with Crippen molar-refractivity contribution in [2.45, 2.75) is 32.3 Å². The summed E-state index contributed by atoms with van der Waals surface area (Å²) in [5.41, 5.74) is 1.26. The highest BCUT2D eigenvalue weighted by Gasteiger charge is 2.19. The van der Waals surface area contributed by atoms with Crippen molar-refractivity contribution in [3.05, 3.63) is 42.0 Å². The lowest BCUT2D eigenvalue weighted by molar-refractivity contribution is 0.0824. The zero-order chi connectivity index (χ0) is 21.0. The van der Waals surface area contributed by atoms with Crippen molar-refractivity contribution >= 4 is 36.0 Å². The van der Waals surface area contributed by atoms with E-state index in [1.165, 1.54) is 5.56 Å². The van der Waals surface area contributed by atoms with Gasteiger partial charge in [0.1, 0.15) is 0 Å². The van der Waals surface area contributed by atoms with Gasteiger partial charge in [0.05, 0.1) is 6.10 Å². The summed E-state index contributed by atoms with van der Waals surface area (Å²) < 4.78 is 0. The van der Waals surface area contributed by atoms with Gasteiger partial charge in [0.2, 0.25) is 0 Å². The zero-order valence-corrected chi connectivity index (χ0v) is 21.3. The molecule has 174 valence electrons. The maximum Gasteiger partial charge on any atom is 0.194 e. The molecule has 7 heteroatoms. The van der Waals surface area contributed by atoms with Gasteiger partial charge < -0.3 is 20.2 Å². The Kier molecular flexibility index (Phi) is 12.5. The minimum Gasteiger partial charge on any atom is -0.393 e. The fourth-order valence-corrected chi connectivity index (χ4v) is 4.09. The number of aliphatic hydroxyl groups is 1. The van der Waals surface area contributed by atoms with Gasteiger partial charge in [-0.25, -0.2) is 0 Å². The van der Waals surface area contributed by atoms with E-state index < -0.39 is 0 Å². The van der Waals surface area contributed by atoms with E-state index in [1.54, 1.807) is 0 Å². The number of nitrogens with zero attached hydrogens (tertiary/aromatic N) is 4. The van der Waals surface area contributed by atoms with Crippen LogP contribution in [0.2, 0.25) is 0 Å².